The van der Waals surface area contributed by atoms with Gasteiger partial charge in [-0.15, -0.1) is 35.3 Å². The van der Waals surface area contributed by atoms with Gasteiger partial charge in [-0.3, -0.25) is 4.99 Å². The molecule has 1 aromatic carbocycles. The number of thiazole rings is 1. The lowest BCUT2D eigenvalue weighted by atomic mass is 10.2. The van der Waals surface area contributed by atoms with E-state index in [1.807, 2.05) is 32.2 Å². The molecule has 2 heterocycles. The van der Waals surface area contributed by atoms with E-state index in [1.54, 1.807) is 18.4 Å². The predicted octanol–water partition coefficient (Wildman–Crippen LogP) is 3.01. The van der Waals surface area contributed by atoms with Gasteiger partial charge in [0.15, 0.2) is 17.5 Å². The molecule has 0 aliphatic carbocycles. The number of hydrogen-bond acceptors (Lipinski definition) is 5. The summed E-state index contributed by atoms with van der Waals surface area (Å²) in [5.41, 5.74) is 2.18. The number of fused-ring (bicyclic) bond motifs is 1. The molecule has 0 amide bonds. The van der Waals surface area contributed by atoms with Crippen molar-refractivity contribution in [1.82, 2.24) is 15.2 Å². The van der Waals surface area contributed by atoms with Crippen molar-refractivity contribution in [2.75, 3.05) is 20.9 Å². The molecule has 6 nitrogen and oxygen atoms in total. The Hall–Kier alpha value is -1.55. The highest BCUT2D eigenvalue weighted by molar-refractivity contribution is 14.0. The number of aromatic nitrogens is 1. The van der Waals surface area contributed by atoms with E-state index in [-0.39, 0.29) is 24.0 Å². The first-order valence-electron chi connectivity index (χ1n) is 7.37. The van der Waals surface area contributed by atoms with Gasteiger partial charge in [0.25, 0.3) is 0 Å². The summed E-state index contributed by atoms with van der Waals surface area (Å²) in [6, 6.07) is 5.95. The predicted molar refractivity (Wildman–Crippen MR) is 106 cm³/mol. The van der Waals surface area contributed by atoms with Gasteiger partial charge in [0, 0.05) is 26.0 Å². The van der Waals surface area contributed by atoms with Crippen molar-refractivity contribution in [3.63, 3.8) is 0 Å². The average Bonchev–Trinajstić information content (AvgIpc) is 3.16. The molecule has 0 bridgehead atoms. The van der Waals surface area contributed by atoms with Crippen LogP contribution in [0, 0.1) is 6.92 Å². The molecule has 0 fully saturated rings. The van der Waals surface area contributed by atoms with Crippen LogP contribution in [-0.2, 0) is 13.1 Å². The van der Waals surface area contributed by atoms with E-state index in [1.165, 1.54) is 0 Å². The number of nitrogens with zero attached hydrogens (tertiary/aromatic N) is 3. The highest BCUT2D eigenvalue weighted by atomic mass is 127. The second-order valence-electron chi connectivity index (χ2n) is 5.30. The first kappa shape index (κ1) is 18.8. The van der Waals surface area contributed by atoms with Crippen LogP contribution in [0.4, 0.5) is 0 Å². The van der Waals surface area contributed by atoms with E-state index in [0.717, 1.165) is 40.3 Å². The fraction of sp³-hybridized carbons (Fsp3) is 0.375. The zero-order chi connectivity index (χ0) is 16.2. The van der Waals surface area contributed by atoms with Crippen molar-refractivity contribution in [2.24, 2.45) is 4.99 Å². The van der Waals surface area contributed by atoms with Crippen LogP contribution >= 0.6 is 35.3 Å². The first-order valence-corrected chi connectivity index (χ1v) is 8.25. The highest BCUT2D eigenvalue weighted by Crippen LogP contribution is 2.32. The molecule has 24 heavy (non-hydrogen) atoms. The average molecular weight is 460 g/mol. The quantitative estimate of drug-likeness (QED) is 0.432. The summed E-state index contributed by atoms with van der Waals surface area (Å²) < 4.78 is 10.7. The molecule has 1 aliphatic rings. The topological polar surface area (TPSA) is 59.0 Å². The zero-order valence-electron chi connectivity index (χ0n) is 13.9. The van der Waals surface area contributed by atoms with Gasteiger partial charge in [-0.25, -0.2) is 4.98 Å². The Balaban J connectivity index is 0.00000208. The molecule has 130 valence electrons. The van der Waals surface area contributed by atoms with Crippen molar-refractivity contribution in [3.05, 3.63) is 39.8 Å². The van der Waals surface area contributed by atoms with Gasteiger partial charge in [0.1, 0.15) is 0 Å². The minimum atomic E-state index is 0. The summed E-state index contributed by atoms with van der Waals surface area (Å²) in [6.45, 7) is 3.71. The zero-order valence-corrected chi connectivity index (χ0v) is 17.1. The molecule has 0 radical (unpaired) electrons. The standard InChI is InChI=1S/C16H20N4O2S.HI/c1-11-19-13(9-23-11)8-20(3)16(17-2)18-7-12-4-5-14-15(6-12)22-10-21-14;/h4-6,9H,7-8,10H2,1-3H3,(H,17,18);1H. The number of ether oxygens (including phenoxy) is 2. The summed E-state index contributed by atoms with van der Waals surface area (Å²) in [6.07, 6.45) is 0. The largest absolute Gasteiger partial charge is 0.454 e. The van der Waals surface area contributed by atoms with Gasteiger partial charge in [-0.05, 0) is 24.6 Å². The van der Waals surface area contributed by atoms with E-state index in [2.05, 4.69) is 25.6 Å². The molecule has 0 unspecified atom stereocenters. The van der Waals surface area contributed by atoms with Gasteiger partial charge in [0.2, 0.25) is 6.79 Å². The van der Waals surface area contributed by atoms with Crippen molar-refractivity contribution in [3.8, 4) is 11.5 Å². The van der Waals surface area contributed by atoms with Gasteiger partial charge in [-0.1, -0.05) is 6.07 Å². The fourth-order valence-electron chi connectivity index (χ4n) is 2.42. The third kappa shape index (κ3) is 4.50. The number of aryl methyl sites for hydroxylation is 1. The maximum atomic E-state index is 5.40. The Labute approximate surface area is 162 Å². The molecule has 0 saturated heterocycles. The molecule has 2 aromatic rings. The molecule has 0 spiro atoms. The summed E-state index contributed by atoms with van der Waals surface area (Å²) in [5.74, 6) is 2.42. The number of hydrogen-bond donors (Lipinski definition) is 1. The van der Waals surface area contributed by atoms with Gasteiger partial charge < -0.3 is 19.7 Å². The van der Waals surface area contributed by atoms with Crippen LogP contribution in [0.5, 0.6) is 11.5 Å². The van der Waals surface area contributed by atoms with E-state index in [9.17, 15) is 0 Å². The Morgan fingerprint density at radius 3 is 2.88 bits per heavy atom. The summed E-state index contributed by atoms with van der Waals surface area (Å²) in [7, 11) is 3.79. The van der Waals surface area contributed by atoms with Gasteiger partial charge in [0.05, 0.1) is 17.2 Å². The minimum Gasteiger partial charge on any atom is -0.454 e. The van der Waals surface area contributed by atoms with Crippen LogP contribution < -0.4 is 14.8 Å². The van der Waals surface area contributed by atoms with Crippen molar-refractivity contribution < 1.29 is 9.47 Å². The van der Waals surface area contributed by atoms with Crippen molar-refractivity contribution in [2.45, 2.75) is 20.0 Å². The smallest absolute Gasteiger partial charge is 0.231 e. The maximum Gasteiger partial charge on any atom is 0.231 e. The number of aliphatic imine (C=N–C) groups is 1. The van der Waals surface area contributed by atoms with Crippen LogP contribution in [0.1, 0.15) is 16.3 Å². The Bertz CT molecular complexity index is 720. The second-order valence-corrected chi connectivity index (χ2v) is 6.36. The number of halogens is 1. The lowest BCUT2D eigenvalue weighted by molar-refractivity contribution is 0.174. The first-order chi connectivity index (χ1) is 11.2. The molecule has 0 saturated carbocycles. The lowest BCUT2D eigenvalue weighted by Crippen LogP contribution is -2.38. The van der Waals surface area contributed by atoms with Gasteiger partial charge in [-0.2, -0.15) is 0 Å². The molecule has 1 N–H and O–H groups in total. The number of guanidine groups is 1. The van der Waals surface area contributed by atoms with Crippen molar-refractivity contribution in [1.29, 1.82) is 0 Å². The summed E-state index contributed by atoms with van der Waals surface area (Å²) >= 11 is 1.66. The molecule has 8 heteroatoms. The Morgan fingerprint density at radius 1 is 1.38 bits per heavy atom. The second kappa shape index (κ2) is 8.52. The maximum absolute atomic E-state index is 5.40. The SMILES string of the molecule is CN=C(NCc1ccc2c(c1)OCO2)N(C)Cc1csc(C)n1.I. The molecular weight excluding hydrogens is 439 g/mol. The van der Waals surface area contributed by atoms with Crippen LogP contribution in [0.25, 0.3) is 0 Å². The van der Waals surface area contributed by atoms with Crippen LogP contribution in [0.3, 0.4) is 0 Å². The highest BCUT2D eigenvalue weighted by Gasteiger charge is 2.14. The van der Waals surface area contributed by atoms with E-state index >= 15 is 0 Å². The molecular formula is C16H21IN4O2S. The molecule has 1 aromatic heterocycles. The van der Waals surface area contributed by atoms with Crippen LogP contribution in [0.2, 0.25) is 0 Å². The third-order valence-electron chi connectivity index (χ3n) is 3.53. The number of rotatable bonds is 4. The van der Waals surface area contributed by atoms with Crippen LogP contribution in [0.15, 0.2) is 28.6 Å². The normalized spacial score (nSPS) is 12.7. The monoisotopic (exact) mass is 460 g/mol. The van der Waals surface area contributed by atoms with Gasteiger partial charge >= 0.3 is 0 Å². The lowest BCUT2D eigenvalue weighted by Gasteiger charge is -2.21. The number of benzene rings is 1. The Kier molecular flexibility index (Phi) is 6.67. The van der Waals surface area contributed by atoms with E-state index in [0.29, 0.717) is 13.3 Å². The van der Waals surface area contributed by atoms with E-state index < -0.39 is 0 Å². The molecule has 0 atom stereocenters. The minimum absolute atomic E-state index is 0. The number of nitrogens with one attached hydrogen (secondary N) is 1. The fourth-order valence-corrected chi connectivity index (χ4v) is 3.02. The summed E-state index contributed by atoms with van der Waals surface area (Å²) in [4.78, 5) is 10.9. The van der Waals surface area contributed by atoms with Crippen LogP contribution in [-0.4, -0.2) is 36.7 Å². The Morgan fingerprint density at radius 2 is 2.17 bits per heavy atom. The summed E-state index contributed by atoms with van der Waals surface area (Å²) in [5, 5.41) is 6.52. The van der Waals surface area contributed by atoms with E-state index in [4.69, 9.17) is 9.47 Å². The third-order valence-corrected chi connectivity index (χ3v) is 4.35. The molecule has 1 aliphatic heterocycles. The van der Waals surface area contributed by atoms with Crippen molar-refractivity contribution >= 4 is 41.3 Å². The molecule has 3 rings (SSSR count).